The Hall–Kier alpha value is -1.99. The summed E-state index contributed by atoms with van der Waals surface area (Å²) in [4.78, 5) is 26.9. The maximum atomic E-state index is 11.0. The molecule has 0 unspecified atom stereocenters. The molecule has 25 heavy (non-hydrogen) atoms. The number of hydrogen-bond acceptors (Lipinski definition) is 5. The smallest absolute Gasteiger partial charge is 0.382 e. The maximum Gasteiger partial charge on any atom is 0.469 e. The Labute approximate surface area is 144 Å². The minimum atomic E-state index is -4.51. The van der Waals surface area contributed by atoms with Crippen LogP contribution in [0.5, 0.6) is 0 Å². The van der Waals surface area contributed by atoms with Crippen molar-refractivity contribution in [1.82, 2.24) is 14.5 Å². The molecule has 0 aliphatic rings. The van der Waals surface area contributed by atoms with Crippen molar-refractivity contribution in [3.05, 3.63) is 30.1 Å². The lowest BCUT2D eigenvalue weighted by Crippen LogP contribution is -2.09. The molecule has 134 valence electrons. The van der Waals surface area contributed by atoms with Crippen molar-refractivity contribution in [3.8, 4) is 0 Å². The fraction of sp³-hybridized carbons (Fsp3) is 0.375. The summed E-state index contributed by atoms with van der Waals surface area (Å²) in [5.74, 6) is 1.16. The molecule has 1 aromatic carbocycles. The van der Waals surface area contributed by atoms with E-state index >= 15 is 0 Å². The van der Waals surface area contributed by atoms with Crippen molar-refractivity contribution < 1.29 is 18.9 Å². The molecule has 0 saturated carbocycles. The first-order valence-corrected chi connectivity index (χ1v) is 9.67. The molecule has 0 aliphatic carbocycles. The number of imidazole rings is 1. The van der Waals surface area contributed by atoms with Gasteiger partial charge in [-0.25, -0.2) is 14.5 Å². The number of phosphoric acid groups is 1. The van der Waals surface area contributed by atoms with E-state index in [0.29, 0.717) is 11.3 Å². The Kier molecular flexibility index (Phi) is 5.06. The minimum absolute atomic E-state index is 0.120. The highest BCUT2D eigenvalue weighted by molar-refractivity contribution is 7.46. The summed E-state index contributed by atoms with van der Waals surface area (Å²) in [7, 11) is -4.51. The highest BCUT2D eigenvalue weighted by atomic mass is 31.2. The predicted molar refractivity (Wildman–Crippen MR) is 96.1 cm³/mol. The van der Waals surface area contributed by atoms with Gasteiger partial charge in [-0.2, -0.15) is 0 Å². The molecule has 9 heteroatoms. The number of nitrogens with zero attached hydrogens (tertiary/aromatic N) is 3. The number of nitrogen functional groups attached to an aromatic ring is 1. The number of aromatic nitrogens is 3. The first kappa shape index (κ1) is 17.8. The zero-order chi connectivity index (χ0) is 18.0. The van der Waals surface area contributed by atoms with E-state index in [9.17, 15) is 4.57 Å². The van der Waals surface area contributed by atoms with Crippen LogP contribution in [-0.2, 0) is 22.1 Å². The monoisotopic (exact) mass is 364 g/mol. The van der Waals surface area contributed by atoms with Gasteiger partial charge in [0.2, 0.25) is 0 Å². The van der Waals surface area contributed by atoms with E-state index in [1.54, 1.807) is 0 Å². The lowest BCUT2D eigenvalue weighted by atomic mass is 10.2. The predicted octanol–water partition coefficient (Wildman–Crippen LogP) is 2.62. The third-order valence-corrected chi connectivity index (χ3v) is 4.54. The summed E-state index contributed by atoms with van der Waals surface area (Å²) in [6.07, 6.45) is 2.71. The lowest BCUT2D eigenvalue weighted by molar-refractivity contribution is 0.190. The van der Waals surface area contributed by atoms with Gasteiger partial charge in [0.1, 0.15) is 11.3 Å². The Balaban J connectivity index is 2.13. The van der Waals surface area contributed by atoms with Gasteiger partial charge in [0, 0.05) is 18.4 Å². The van der Waals surface area contributed by atoms with Crippen LogP contribution in [0.25, 0.3) is 21.9 Å². The van der Waals surface area contributed by atoms with Crippen molar-refractivity contribution in [2.75, 3.05) is 12.3 Å². The van der Waals surface area contributed by atoms with Crippen LogP contribution in [0.1, 0.15) is 25.6 Å². The van der Waals surface area contributed by atoms with Crippen LogP contribution in [0.15, 0.2) is 24.3 Å². The van der Waals surface area contributed by atoms with E-state index in [4.69, 9.17) is 15.5 Å². The lowest BCUT2D eigenvalue weighted by Gasteiger charge is -2.11. The number of nitrogens with two attached hydrogens (primary N) is 1. The second-order valence-electron chi connectivity index (χ2n) is 5.82. The molecule has 3 rings (SSSR count). The quantitative estimate of drug-likeness (QED) is 0.551. The molecule has 0 spiro atoms. The number of aryl methyl sites for hydroxylation is 1. The molecule has 2 heterocycles. The van der Waals surface area contributed by atoms with E-state index in [2.05, 4.69) is 21.4 Å². The highest BCUT2D eigenvalue weighted by Crippen LogP contribution is 2.36. The molecule has 0 aliphatic heterocycles. The standard InChI is InChI=1S/C16H21N4O4P/c1-2-3-8-13-19-14-15(20(13)9-10-24-25(21,22)23)11-6-4-5-7-12(11)18-16(14)17/h4-7H,2-3,8-10H2,1H3,(H2,17,18)(H2,21,22,23). The topological polar surface area (TPSA) is 123 Å². The van der Waals surface area contributed by atoms with Crippen molar-refractivity contribution >= 4 is 35.6 Å². The van der Waals surface area contributed by atoms with Gasteiger partial charge >= 0.3 is 7.82 Å². The van der Waals surface area contributed by atoms with Crippen LogP contribution in [0.4, 0.5) is 5.82 Å². The third-order valence-electron chi connectivity index (χ3n) is 4.02. The summed E-state index contributed by atoms with van der Waals surface area (Å²) in [6.45, 7) is 2.24. The van der Waals surface area contributed by atoms with Crippen molar-refractivity contribution in [1.29, 1.82) is 0 Å². The summed E-state index contributed by atoms with van der Waals surface area (Å²) in [6, 6.07) is 7.61. The number of hydrogen-bond donors (Lipinski definition) is 3. The summed E-state index contributed by atoms with van der Waals surface area (Å²) in [5.41, 5.74) is 8.28. The molecule has 0 atom stereocenters. The first-order chi connectivity index (χ1) is 11.9. The van der Waals surface area contributed by atoms with E-state index in [1.165, 1.54) is 0 Å². The molecule has 0 bridgehead atoms. The molecule has 0 amide bonds. The molecule has 0 saturated heterocycles. The van der Waals surface area contributed by atoms with Gasteiger partial charge in [-0.1, -0.05) is 31.5 Å². The highest BCUT2D eigenvalue weighted by Gasteiger charge is 2.19. The summed E-state index contributed by atoms with van der Waals surface area (Å²) in [5, 5.41) is 0.901. The number of benzene rings is 1. The number of unbranched alkanes of at least 4 members (excludes halogenated alkanes) is 1. The van der Waals surface area contributed by atoms with Crippen molar-refractivity contribution in [3.63, 3.8) is 0 Å². The molecule has 8 nitrogen and oxygen atoms in total. The van der Waals surface area contributed by atoms with Gasteiger partial charge in [0.05, 0.1) is 17.6 Å². The molecular formula is C16H21N4O4P. The van der Waals surface area contributed by atoms with Crippen LogP contribution < -0.4 is 5.73 Å². The molecule has 3 aromatic rings. The van der Waals surface area contributed by atoms with Crippen molar-refractivity contribution in [2.45, 2.75) is 32.7 Å². The normalized spacial score (nSPS) is 12.3. The number of rotatable bonds is 7. The van der Waals surface area contributed by atoms with Gasteiger partial charge in [-0.05, 0) is 12.5 Å². The maximum absolute atomic E-state index is 11.0. The van der Waals surface area contributed by atoms with Gasteiger partial charge in [-0.15, -0.1) is 0 Å². The van der Waals surface area contributed by atoms with Crippen molar-refractivity contribution in [2.24, 2.45) is 0 Å². The Bertz CT molecular complexity index is 950. The zero-order valence-electron chi connectivity index (χ0n) is 13.9. The van der Waals surface area contributed by atoms with Gasteiger partial charge in [0.25, 0.3) is 0 Å². The average molecular weight is 364 g/mol. The van der Waals surface area contributed by atoms with Gasteiger partial charge in [0.15, 0.2) is 5.82 Å². The average Bonchev–Trinajstić information content (AvgIpc) is 2.91. The molecule has 0 fully saturated rings. The number of fused-ring (bicyclic) bond motifs is 3. The third kappa shape index (κ3) is 3.82. The van der Waals surface area contributed by atoms with Crippen LogP contribution in [0.2, 0.25) is 0 Å². The fourth-order valence-corrected chi connectivity index (χ4v) is 3.24. The number of pyridine rings is 1. The Morgan fingerprint density at radius 2 is 2.04 bits per heavy atom. The van der Waals surface area contributed by atoms with E-state index in [-0.39, 0.29) is 13.2 Å². The van der Waals surface area contributed by atoms with Crippen LogP contribution >= 0.6 is 7.82 Å². The van der Waals surface area contributed by atoms with Gasteiger partial charge in [-0.3, -0.25) is 4.52 Å². The Morgan fingerprint density at radius 1 is 1.28 bits per heavy atom. The van der Waals surface area contributed by atoms with Crippen LogP contribution in [-0.4, -0.2) is 30.9 Å². The minimum Gasteiger partial charge on any atom is -0.382 e. The second-order valence-corrected chi connectivity index (χ2v) is 7.06. The Morgan fingerprint density at radius 3 is 2.76 bits per heavy atom. The number of phosphoric ester groups is 1. The fourth-order valence-electron chi connectivity index (χ4n) is 2.92. The second kappa shape index (κ2) is 7.09. The van der Waals surface area contributed by atoms with Crippen LogP contribution in [0.3, 0.4) is 0 Å². The molecular weight excluding hydrogens is 343 g/mol. The zero-order valence-corrected chi connectivity index (χ0v) is 14.8. The molecule has 0 radical (unpaired) electrons. The summed E-state index contributed by atoms with van der Waals surface area (Å²) < 4.78 is 17.5. The number of para-hydroxylation sites is 1. The van der Waals surface area contributed by atoms with Crippen LogP contribution in [0, 0.1) is 0 Å². The van der Waals surface area contributed by atoms with E-state index in [0.717, 1.165) is 41.5 Å². The number of anilines is 1. The van der Waals surface area contributed by atoms with E-state index in [1.807, 2.05) is 28.8 Å². The molecule has 4 N–H and O–H groups in total. The summed E-state index contributed by atoms with van der Waals surface area (Å²) >= 11 is 0. The first-order valence-electron chi connectivity index (χ1n) is 8.14. The SMILES string of the molecule is CCCCc1nc2c(N)nc3ccccc3c2n1CCOP(=O)(O)O. The largest absolute Gasteiger partial charge is 0.469 e. The van der Waals surface area contributed by atoms with E-state index < -0.39 is 7.82 Å². The van der Waals surface area contributed by atoms with Gasteiger partial charge < -0.3 is 20.1 Å². The molecule has 2 aromatic heterocycles.